The number of nitrogens with zero attached hydrogens (tertiary/aromatic N) is 2. The number of benzene rings is 3. The first kappa shape index (κ1) is 35.2. The van der Waals surface area contributed by atoms with Gasteiger partial charge in [0, 0.05) is 47.6 Å². The molecule has 0 saturated carbocycles. The van der Waals surface area contributed by atoms with Gasteiger partial charge in [0.25, 0.3) is 0 Å². The van der Waals surface area contributed by atoms with Crippen LogP contribution >= 0.6 is 23.2 Å². The molecule has 0 heterocycles. The maximum absolute atomic E-state index is 14.0. The molecule has 11 heteroatoms. The molecule has 44 heavy (non-hydrogen) atoms. The Balaban J connectivity index is 1.91. The van der Waals surface area contributed by atoms with Crippen LogP contribution in [0.2, 0.25) is 10.0 Å². The Morgan fingerprint density at radius 1 is 0.932 bits per heavy atom. The molecule has 3 rings (SSSR count). The summed E-state index contributed by atoms with van der Waals surface area (Å²) in [5.41, 5.74) is 1.89. The third-order valence-corrected chi connectivity index (χ3v) is 9.15. The van der Waals surface area contributed by atoms with Crippen LogP contribution in [0.5, 0.6) is 5.75 Å². The number of amides is 2. The third kappa shape index (κ3) is 10.1. The average Bonchev–Trinajstić information content (AvgIpc) is 2.98. The first-order valence-electron chi connectivity index (χ1n) is 14.7. The predicted molar refractivity (Wildman–Crippen MR) is 178 cm³/mol. The standard InChI is InChI=1S/C33H41Cl2N3O5S/c1-5-24(3)36-33(40)31(22-25-12-8-7-9-13-25)37(23-28-29(34)14-10-15-30(28)35)32(39)16-11-21-38(44(4,41)42)26-17-19-27(20-18-26)43-6-2/h7-10,12-15,17-20,24,31H,5-6,11,16,21-23H2,1-4H3,(H,36,40)/t24-,31-/m1/s1. The van der Waals surface area contributed by atoms with E-state index in [1.807, 2.05) is 51.1 Å². The molecule has 0 radical (unpaired) electrons. The molecule has 0 aromatic heterocycles. The zero-order chi connectivity index (χ0) is 32.3. The van der Waals surface area contributed by atoms with Gasteiger partial charge in [-0.05, 0) is 68.7 Å². The van der Waals surface area contributed by atoms with Crippen molar-refractivity contribution in [2.24, 2.45) is 0 Å². The number of nitrogens with one attached hydrogen (secondary N) is 1. The van der Waals surface area contributed by atoms with Gasteiger partial charge < -0.3 is 15.0 Å². The number of halogens is 2. The minimum atomic E-state index is -3.64. The monoisotopic (exact) mass is 661 g/mol. The van der Waals surface area contributed by atoms with Crippen LogP contribution in [0, 0.1) is 0 Å². The quantitative estimate of drug-likeness (QED) is 0.189. The lowest BCUT2D eigenvalue weighted by molar-refractivity contribution is -0.141. The molecule has 3 aromatic carbocycles. The van der Waals surface area contributed by atoms with Crippen molar-refractivity contribution in [3.8, 4) is 5.75 Å². The number of hydrogen-bond acceptors (Lipinski definition) is 5. The summed E-state index contributed by atoms with van der Waals surface area (Å²) in [6, 6.07) is 20.4. The van der Waals surface area contributed by atoms with Crippen molar-refractivity contribution in [3.05, 3.63) is 94.0 Å². The average molecular weight is 663 g/mol. The van der Waals surface area contributed by atoms with Crippen molar-refractivity contribution >= 4 is 50.7 Å². The number of rotatable bonds is 16. The second-order valence-corrected chi connectivity index (χ2v) is 13.3. The smallest absolute Gasteiger partial charge is 0.243 e. The van der Waals surface area contributed by atoms with E-state index in [-0.39, 0.29) is 50.2 Å². The molecule has 0 fully saturated rings. The molecule has 2 atom stereocenters. The molecule has 0 saturated heterocycles. The summed E-state index contributed by atoms with van der Waals surface area (Å²) in [5, 5.41) is 3.80. The Bertz CT molecular complexity index is 1470. The Morgan fingerprint density at radius 3 is 2.14 bits per heavy atom. The molecule has 0 aliphatic heterocycles. The van der Waals surface area contributed by atoms with E-state index in [4.69, 9.17) is 27.9 Å². The van der Waals surface area contributed by atoms with Crippen LogP contribution < -0.4 is 14.4 Å². The van der Waals surface area contributed by atoms with Gasteiger partial charge in [0.1, 0.15) is 11.8 Å². The van der Waals surface area contributed by atoms with Gasteiger partial charge in [-0.1, -0.05) is 66.5 Å². The topological polar surface area (TPSA) is 96.0 Å². The van der Waals surface area contributed by atoms with Crippen molar-refractivity contribution in [2.45, 2.75) is 65.1 Å². The molecule has 0 unspecified atom stereocenters. The van der Waals surface area contributed by atoms with E-state index in [2.05, 4.69) is 5.32 Å². The molecule has 0 aliphatic rings. The Kier molecular flexibility index (Phi) is 13.4. The summed E-state index contributed by atoms with van der Waals surface area (Å²) in [5.74, 6) is 0.0297. The van der Waals surface area contributed by atoms with Gasteiger partial charge in [-0.25, -0.2) is 8.42 Å². The normalized spacial score (nSPS) is 12.7. The van der Waals surface area contributed by atoms with E-state index >= 15 is 0 Å². The number of sulfonamides is 1. The number of ether oxygens (including phenoxy) is 1. The Morgan fingerprint density at radius 2 is 1.57 bits per heavy atom. The molecular weight excluding hydrogens is 621 g/mol. The highest BCUT2D eigenvalue weighted by Crippen LogP contribution is 2.28. The number of carbonyl (C=O) groups is 2. The van der Waals surface area contributed by atoms with Crippen molar-refractivity contribution < 1.29 is 22.7 Å². The highest BCUT2D eigenvalue weighted by Gasteiger charge is 2.32. The fourth-order valence-corrected chi connectivity index (χ4v) is 6.21. The van der Waals surface area contributed by atoms with Gasteiger partial charge in [-0.2, -0.15) is 0 Å². The summed E-state index contributed by atoms with van der Waals surface area (Å²) in [7, 11) is -3.64. The van der Waals surface area contributed by atoms with Gasteiger partial charge in [-0.3, -0.25) is 13.9 Å². The zero-order valence-corrected chi connectivity index (χ0v) is 28.0. The summed E-state index contributed by atoms with van der Waals surface area (Å²) in [4.78, 5) is 29.3. The van der Waals surface area contributed by atoms with Crippen LogP contribution in [-0.4, -0.2) is 56.6 Å². The van der Waals surface area contributed by atoms with E-state index in [1.165, 1.54) is 9.21 Å². The first-order valence-corrected chi connectivity index (χ1v) is 17.3. The summed E-state index contributed by atoms with van der Waals surface area (Å²) >= 11 is 13.0. The molecule has 238 valence electrons. The summed E-state index contributed by atoms with van der Waals surface area (Å²) < 4.78 is 32.2. The molecule has 0 spiro atoms. The highest BCUT2D eigenvalue weighted by molar-refractivity contribution is 7.92. The van der Waals surface area contributed by atoms with Crippen molar-refractivity contribution in [2.75, 3.05) is 23.7 Å². The third-order valence-electron chi connectivity index (χ3n) is 7.25. The van der Waals surface area contributed by atoms with Gasteiger partial charge in [-0.15, -0.1) is 0 Å². The minimum Gasteiger partial charge on any atom is -0.494 e. The summed E-state index contributed by atoms with van der Waals surface area (Å²) in [6.45, 7) is 6.33. The van der Waals surface area contributed by atoms with E-state index in [9.17, 15) is 18.0 Å². The van der Waals surface area contributed by atoms with Crippen molar-refractivity contribution in [1.82, 2.24) is 10.2 Å². The molecule has 0 bridgehead atoms. The van der Waals surface area contributed by atoms with Crippen LogP contribution in [-0.2, 0) is 32.6 Å². The number of anilines is 1. The first-order chi connectivity index (χ1) is 20.9. The van der Waals surface area contributed by atoms with Crippen molar-refractivity contribution in [3.63, 3.8) is 0 Å². The second-order valence-electron chi connectivity index (χ2n) is 10.6. The van der Waals surface area contributed by atoms with Crippen LogP contribution in [0.25, 0.3) is 0 Å². The fraction of sp³-hybridized carbons (Fsp3) is 0.394. The van der Waals surface area contributed by atoms with E-state index in [0.29, 0.717) is 33.7 Å². The molecule has 2 amide bonds. The Labute approximate surface area is 271 Å². The lowest BCUT2D eigenvalue weighted by atomic mass is 10.0. The van der Waals surface area contributed by atoms with E-state index in [0.717, 1.165) is 18.2 Å². The SMILES string of the molecule is CCOc1ccc(N(CCCC(=O)N(Cc2c(Cl)cccc2Cl)[C@H](Cc2ccccc2)C(=O)N[C@H](C)CC)S(C)(=O)=O)cc1. The van der Waals surface area contributed by atoms with Gasteiger partial charge in [0.2, 0.25) is 21.8 Å². The molecule has 1 N–H and O–H groups in total. The predicted octanol–water partition coefficient (Wildman–Crippen LogP) is 6.49. The van der Waals surface area contributed by atoms with Gasteiger partial charge in [0.05, 0.1) is 18.6 Å². The fourth-order valence-electron chi connectivity index (χ4n) is 4.73. The Hall–Kier alpha value is -3.27. The molecule has 0 aliphatic carbocycles. The van der Waals surface area contributed by atoms with Crippen LogP contribution in [0.15, 0.2) is 72.8 Å². The van der Waals surface area contributed by atoms with Crippen molar-refractivity contribution in [1.29, 1.82) is 0 Å². The summed E-state index contributed by atoms with van der Waals surface area (Å²) in [6.07, 6.45) is 2.34. The van der Waals surface area contributed by atoms with E-state index < -0.39 is 16.1 Å². The molecule has 8 nitrogen and oxygen atoms in total. The second kappa shape index (κ2) is 16.7. The van der Waals surface area contributed by atoms with Gasteiger partial charge in [0.15, 0.2) is 0 Å². The van der Waals surface area contributed by atoms with Gasteiger partial charge >= 0.3 is 0 Å². The highest BCUT2D eigenvalue weighted by atomic mass is 35.5. The minimum absolute atomic E-state index is 0.00692. The number of hydrogen-bond donors (Lipinski definition) is 1. The zero-order valence-electron chi connectivity index (χ0n) is 25.6. The van der Waals surface area contributed by atoms with E-state index in [1.54, 1.807) is 42.5 Å². The lowest BCUT2D eigenvalue weighted by Crippen LogP contribution is -2.52. The molecular formula is C33H41Cl2N3O5S. The largest absolute Gasteiger partial charge is 0.494 e. The molecule has 3 aromatic rings. The van der Waals surface area contributed by atoms with Crippen LogP contribution in [0.1, 0.15) is 51.2 Å². The van der Waals surface area contributed by atoms with Crippen LogP contribution in [0.3, 0.4) is 0 Å². The maximum Gasteiger partial charge on any atom is 0.243 e. The number of carbonyl (C=O) groups excluding carboxylic acids is 2. The maximum atomic E-state index is 14.0. The lowest BCUT2D eigenvalue weighted by Gasteiger charge is -2.33. The van der Waals surface area contributed by atoms with Crippen LogP contribution in [0.4, 0.5) is 5.69 Å².